The summed E-state index contributed by atoms with van der Waals surface area (Å²) in [4.78, 5) is 24.7. The number of nitrogens with zero attached hydrogens (tertiary/aromatic N) is 3. The number of rotatable bonds is 5. The molecular weight excluding hydrogens is 322 g/mol. The van der Waals surface area contributed by atoms with Gasteiger partial charge in [0.05, 0.1) is 36.2 Å². The predicted molar refractivity (Wildman–Crippen MR) is 90.7 cm³/mol. The molecule has 0 radical (unpaired) electrons. The minimum absolute atomic E-state index is 0.150. The van der Waals surface area contributed by atoms with Crippen molar-refractivity contribution in [3.8, 4) is 0 Å². The summed E-state index contributed by atoms with van der Waals surface area (Å²) in [7, 11) is 0. The fourth-order valence-corrected chi connectivity index (χ4v) is 2.67. The lowest BCUT2D eigenvalue weighted by molar-refractivity contribution is -0.0743. The number of aryl methyl sites for hydroxylation is 1. The van der Waals surface area contributed by atoms with Crippen LogP contribution in [0.1, 0.15) is 28.2 Å². The molecule has 1 aliphatic heterocycles. The first kappa shape index (κ1) is 17.2. The molecule has 0 aliphatic carbocycles. The second-order valence-electron chi connectivity index (χ2n) is 5.84. The number of pyridine rings is 1. The molecule has 0 bridgehead atoms. The van der Waals surface area contributed by atoms with Crippen LogP contribution in [0.4, 0.5) is 5.95 Å². The molecule has 1 saturated heterocycles. The van der Waals surface area contributed by atoms with Gasteiger partial charge in [-0.3, -0.25) is 9.78 Å². The van der Waals surface area contributed by atoms with E-state index in [1.807, 2.05) is 18.2 Å². The van der Waals surface area contributed by atoms with Gasteiger partial charge in [0, 0.05) is 19.0 Å². The molecule has 8 heteroatoms. The van der Waals surface area contributed by atoms with Gasteiger partial charge in [-0.05, 0) is 25.5 Å². The largest absolute Gasteiger partial charge is 0.379 e. The van der Waals surface area contributed by atoms with Gasteiger partial charge in [0.15, 0.2) is 0 Å². The molecule has 3 N–H and O–H groups in total. The van der Waals surface area contributed by atoms with Gasteiger partial charge in [-0.15, -0.1) is 0 Å². The summed E-state index contributed by atoms with van der Waals surface area (Å²) < 4.78 is 11.4. The van der Waals surface area contributed by atoms with Crippen molar-refractivity contribution in [1.29, 1.82) is 0 Å². The van der Waals surface area contributed by atoms with Gasteiger partial charge in [0.1, 0.15) is 6.10 Å². The van der Waals surface area contributed by atoms with Crippen LogP contribution in [0.15, 0.2) is 30.6 Å². The van der Waals surface area contributed by atoms with Crippen molar-refractivity contribution >= 4 is 11.9 Å². The molecule has 25 heavy (non-hydrogen) atoms. The minimum atomic E-state index is -0.241. The maximum atomic E-state index is 12.5. The quantitative estimate of drug-likeness (QED) is 0.828. The van der Waals surface area contributed by atoms with Gasteiger partial charge in [-0.25, -0.2) is 9.97 Å². The molecule has 8 nitrogen and oxygen atoms in total. The molecule has 0 saturated carbocycles. The average Bonchev–Trinajstić information content (AvgIpc) is 2.61. The lowest BCUT2D eigenvalue weighted by Crippen LogP contribution is -2.50. The van der Waals surface area contributed by atoms with Crippen molar-refractivity contribution in [2.75, 3.05) is 18.9 Å². The van der Waals surface area contributed by atoms with E-state index >= 15 is 0 Å². The van der Waals surface area contributed by atoms with Crippen molar-refractivity contribution < 1.29 is 14.3 Å². The average molecular weight is 343 g/mol. The van der Waals surface area contributed by atoms with Crippen LogP contribution in [0.25, 0.3) is 0 Å². The zero-order chi connectivity index (χ0) is 17.6. The third-order valence-electron chi connectivity index (χ3n) is 4.03. The Morgan fingerprint density at radius 2 is 2.32 bits per heavy atom. The van der Waals surface area contributed by atoms with Crippen LogP contribution in [-0.4, -0.2) is 46.2 Å². The number of hydrogen-bond donors (Lipinski definition) is 2. The number of amides is 1. The summed E-state index contributed by atoms with van der Waals surface area (Å²) >= 11 is 0. The van der Waals surface area contributed by atoms with Crippen molar-refractivity contribution in [3.05, 3.63) is 47.5 Å². The molecule has 3 rings (SSSR count). The number of ether oxygens (including phenoxy) is 2. The molecule has 3 heterocycles. The zero-order valence-corrected chi connectivity index (χ0v) is 14.0. The maximum absolute atomic E-state index is 12.5. The Morgan fingerprint density at radius 3 is 3.08 bits per heavy atom. The van der Waals surface area contributed by atoms with Crippen LogP contribution >= 0.6 is 0 Å². The van der Waals surface area contributed by atoms with E-state index in [1.54, 1.807) is 13.1 Å². The van der Waals surface area contributed by atoms with Crippen LogP contribution in [0.3, 0.4) is 0 Å². The molecule has 0 aromatic carbocycles. The van der Waals surface area contributed by atoms with E-state index in [2.05, 4.69) is 20.3 Å². The van der Waals surface area contributed by atoms with E-state index in [-0.39, 0.29) is 24.0 Å². The number of carbonyl (C=O) groups excluding carboxylic acids is 1. The number of anilines is 1. The summed E-state index contributed by atoms with van der Waals surface area (Å²) in [5.41, 5.74) is 7.32. The van der Waals surface area contributed by atoms with Gasteiger partial charge < -0.3 is 20.5 Å². The molecule has 132 valence electrons. The summed E-state index contributed by atoms with van der Waals surface area (Å²) in [6.45, 7) is 3.10. The Hall–Kier alpha value is -2.58. The summed E-state index contributed by atoms with van der Waals surface area (Å²) in [5.74, 6) is -0.0903. The predicted octanol–water partition coefficient (Wildman–Crippen LogP) is 0.866. The van der Waals surface area contributed by atoms with E-state index in [0.29, 0.717) is 37.5 Å². The number of hydrogen-bond acceptors (Lipinski definition) is 7. The van der Waals surface area contributed by atoms with E-state index in [9.17, 15) is 4.79 Å². The second kappa shape index (κ2) is 8.00. The maximum Gasteiger partial charge on any atom is 0.255 e. The highest BCUT2D eigenvalue weighted by atomic mass is 16.5. The molecule has 2 aromatic heterocycles. The van der Waals surface area contributed by atoms with Gasteiger partial charge in [0.25, 0.3) is 5.91 Å². The normalized spacial score (nSPS) is 20.2. The van der Waals surface area contributed by atoms with E-state index < -0.39 is 0 Å². The Balaban J connectivity index is 1.63. The van der Waals surface area contributed by atoms with E-state index in [4.69, 9.17) is 15.2 Å². The Kier molecular flexibility index (Phi) is 5.52. The molecular formula is C17H21N5O3. The highest BCUT2D eigenvalue weighted by Gasteiger charge is 2.29. The van der Waals surface area contributed by atoms with Crippen molar-refractivity contribution in [2.45, 2.75) is 32.1 Å². The molecule has 0 spiro atoms. The molecule has 1 fully saturated rings. The highest BCUT2D eigenvalue weighted by molar-refractivity contribution is 5.95. The Bertz CT molecular complexity index is 725. The fraction of sp³-hybridized carbons (Fsp3) is 0.412. The van der Waals surface area contributed by atoms with Gasteiger partial charge >= 0.3 is 0 Å². The van der Waals surface area contributed by atoms with E-state index in [1.165, 1.54) is 6.20 Å². The SMILES string of the molecule is Cc1nc(N)ncc1C(=O)N[C@@H]1CCOC[C@H]1OCc1ccccn1. The third-order valence-corrected chi connectivity index (χ3v) is 4.03. The highest BCUT2D eigenvalue weighted by Crippen LogP contribution is 2.15. The molecule has 2 aromatic rings. The first-order chi connectivity index (χ1) is 12.1. The number of nitrogens with two attached hydrogens (primary N) is 1. The zero-order valence-electron chi connectivity index (χ0n) is 14.0. The smallest absolute Gasteiger partial charge is 0.255 e. The lowest BCUT2D eigenvalue weighted by Gasteiger charge is -2.32. The molecule has 1 aliphatic rings. The molecule has 1 amide bonds. The van der Waals surface area contributed by atoms with Crippen molar-refractivity contribution in [3.63, 3.8) is 0 Å². The standard InChI is InChI=1S/C17H21N5O3/c1-11-13(8-20-17(18)21-11)16(23)22-14-5-7-24-10-15(14)25-9-12-4-2-3-6-19-12/h2-4,6,8,14-15H,5,7,9-10H2,1H3,(H,22,23)(H2,18,20,21)/t14-,15-/m1/s1. The van der Waals surface area contributed by atoms with Crippen LogP contribution in [-0.2, 0) is 16.1 Å². The minimum Gasteiger partial charge on any atom is -0.379 e. The molecule has 2 atom stereocenters. The number of nitrogens with one attached hydrogen (secondary N) is 1. The van der Waals surface area contributed by atoms with E-state index in [0.717, 1.165) is 5.69 Å². The Morgan fingerprint density at radius 1 is 1.44 bits per heavy atom. The first-order valence-electron chi connectivity index (χ1n) is 8.12. The van der Waals surface area contributed by atoms with Gasteiger partial charge in [-0.1, -0.05) is 6.07 Å². The van der Waals surface area contributed by atoms with Gasteiger partial charge in [-0.2, -0.15) is 0 Å². The third kappa shape index (κ3) is 4.49. The summed E-state index contributed by atoms with van der Waals surface area (Å²) in [6.07, 6.45) is 3.60. The van der Waals surface area contributed by atoms with Crippen molar-refractivity contribution in [2.24, 2.45) is 0 Å². The summed E-state index contributed by atoms with van der Waals surface area (Å²) in [6, 6.07) is 5.51. The topological polar surface area (TPSA) is 112 Å². The van der Waals surface area contributed by atoms with Crippen LogP contribution < -0.4 is 11.1 Å². The monoisotopic (exact) mass is 343 g/mol. The number of nitrogen functional groups attached to an aromatic ring is 1. The van der Waals surface area contributed by atoms with Crippen LogP contribution in [0, 0.1) is 6.92 Å². The Labute approximate surface area is 145 Å². The summed E-state index contributed by atoms with van der Waals surface area (Å²) in [5, 5.41) is 3.00. The van der Waals surface area contributed by atoms with Gasteiger partial charge in [0.2, 0.25) is 5.95 Å². The van der Waals surface area contributed by atoms with Crippen LogP contribution in [0.5, 0.6) is 0 Å². The van der Waals surface area contributed by atoms with Crippen molar-refractivity contribution in [1.82, 2.24) is 20.3 Å². The first-order valence-corrected chi connectivity index (χ1v) is 8.12. The second-order valence-corrected chi connectivity index (χ2v) is 5.84. The molecule has 0 unspecified atom stereocenters. The number of aromatic nitrogens is 3. The van der Waals surface area contributed by atoms with Crippen LogP contribution in [0.2, 0.25) is 0 Å². The lowest BCUT2D eigenvalue weighted by atomic mass is 10.1. The number of carbonyl (C=O) groups is 1. The fourth-order valence-electron chi connectivity index (χ4n) is 2.67.